The normalized spacial score (nSPS) is 12.9. The zero-order valence-corrected chi connectivity index (χ0v) is 7.58. The summed E-state index contributed by atoms with van der Waals surface area (Å²) in [6, 6.07) is 0.946. The number of rotatable bonds is 1. The van der Waals surface area contributed by atoms with E-state index in [0.29, 0.717) is 12.1 Å². The van der Waals surface area contributed by atoms with Gasteiger partial charge in [-0.3, -0.25) is 0 Å². The van der Waals surface area contributed by atoms with Crippen molar-refractivity contribution in [3.63, 3.8) is 0 Å². The van der Waals surface area contributed by atoms with Gasteiger partial charge in [-0.25, -0.2) is 4.39 Å². The first kappa shape index (κ1) is 12.8. The van der Waals surface area contributed by atoms with Crippen molar-refractivity contribution in [1.82, 2.24) is 0 Å². The Balaban J connectivity index is 3.10. The van der Waals surface area contributed by atoms with Gasteiger partial charge in [-0.1, -0.05) is 0 Å². The number of hydrogen-bond acceptors (Lipinski definition) is 0. The molecular formula is C9H5F7. The topological polar surface area (TPSA) is 0 Å². The van der Waals surface area contributed by atoms with E-state index in [1.165, 1.54) is 0 Å². The smallest absolute Gasteiger partial charge is 0.207 e. The minimum absolute atomic E-state index is 0.169. The summed E-state index contributed by atoms with van der Waals surface area (Å²) in [6.07, 6.45) is -11.2. The predicted octanol–water partition coefficient (Wildman–Crippen LogP) is 3.95. The van der Waals surface area contributed by atoms with Gasteiger partial charge in [-0.15, -0.1) is 0 Å². The predicted molar refractivity (Wildman–Crippen MR) is 41.2 cm³/mol. The molecule has 7 heteroatoms. The maximum absolute atomic E-state index is 12.8. The van der Waals surface area contributed by atoms with Crippen molar-refractivity contribution in [3.05, 3.63) is 35.1 Å². The van der Waals surface area contributed by atoms with E-state index in [2.05, 4.69) is 0 Å². The van der Waals surface area contributed by atoms with Crippen LogP contribution in [0.5, 0.6) is 0 Å². The Labute approximate surface area is 85.7 Å². The molecule has 0 N–H and O–H groups in total. The molecule has 0 saturated carbocycles. The van der Waals surface area contributed by atoms with Crippen LogP contribution in [0, 0.1) is 5.82 Å². The standard InChI is InChI=1S/C9H5F7/c10-7-2-1-6(9(14,15)16)3-5(7)4-8(11,12)13/h1-3H,4H2. The first-order chi connectivity index (χ1) is 7.09. The Morgan fingerprint density at radius 2 is 1.50 bits per heavy atom. The van der Waals surface area contributed by atoms with Gasteiger partial charge < -0.3 is 0 Å². The van der Waals surface area contributed by atoms with Crippen molar-refractivity contribution in [3.8, 4) is 0 Å². The first-order valence-corrected chi connectivity index (χ1v) is 4.02. The van der Waals surface area contributed by atoms with Gasteiger partial charge in [0, 0.05) is 0 Å². The number of alkyl halides is 6. The molecule has 0 aliphatic carbocycles. The van der Waals surface area contributed by atoms with E-state index in [1.54, 1.807) is 0 Å². The zero-order chi connectivity index (χ0) is 12.6. The van der Waals surface area contributed by atoms with E-state index in [9.17, 15) is 30.7 Å². The third-order valence-corrected chi connectivity index (χ3v) is 1.76. The van der Waals surface area contributed by atoms with E-state index in [4.69, 9.17) is 0 Å². The fourth-order valence-electron chi connectivity index (χ4n) is 1.10. The summed E-state index contributed by atoms with van der Waals surface area (Å²) in [4.78, 5) is 0. The van der Waals surface area contributed by atoms with Crippen molar-refractivity contribution in [2.75, 3.05) is 0 Å². The number of hydrogen-bond donors (Lipinski definition) is 0. The minimum atomic E-state index is -4.78. The molecule has 1 aromatic carbocycles. The van der Waals surface area contributed by atoms with E-state index in [0.717, 1.165) is 0 Å². The summed E-state index contributed by atoms with van der Waals surface area (Å²) >= 11 is 0. The summed E-state index contributed by atoms with van der Waals surface area (Å²) in [5.41, 5.74) is -2.31. The number of halogens is 7. The zero-order valence-electron chi connectivity index (χ0n) is 7.58. The quantitative estimate of drug-likeness (QED) is 0.658. The van der Waals surface area contributed by atoms with Crippen molar-refractivity contribution in [2.24, 2.45) is 0 Å². The van der Waals surface area contributed by atoms with Crippen molar-refractivity contribution < 1.29 is 30.7 Å². The van der Waals surface area contributed by atoms with Crippen molar-refractivity contribution in [1.29, 1.82) is 0 Å². The Bertz CT molecular complexity index is 374. The Hall–Kier alpha value is -1.27. The van der Waals surface area contributed by atoms with E-state index < -0.39 is 35.7 Å². The molecule has 0 fully saturated rings. The van der Waals surface area contributed by atoms with Crippen molar-refractivity contribution in [2.45, 2.75) is 18.8 Å². The van der Waals surface area contributed by atoms with Gasteiger partial charge in [0.1, 0.15) is 5.82 Å². The van der Waals surface area contributed by atoms with Crippen LogP contribution in [0.3, 0.4) is 0 Å². The molecule has 0 nitrogen and oxygen atoms in total. The molecule has 0 atom stereocenters. The molecule has 0 amide bonds. The average molecular weight is 246 g/mol. The second-order valence-corrected chi connectivity index (χ2v) is 3.10. The molecule has 0 spiro atoms. The lowest BCUT2D eigenvalue weighted by Crippen LogP contribution is -2.14. The molecule has 0 radical (unpaired) electrons. The summed E-state index contributed by atoms with van der Waals surface area (Å²) in [5, 5.41) is 0. The molecule has 16 heavy (non-hydrogen) atoms. The van der Waals surface area contributed by atoms with Crippen LogP contribution in [0.2, 0.25) is 0 Å². The fraction of sp³-hybridized carbons (Fsp3) is 0.333. The van der Waals surface area contributed by atoms with Gasteiger partial charge in [-0.2, -0.15) is 26.3 Å². The minimum Gasteiger partial charge on any atom is -0.207 e. The lowest BCUT2D eigenvalue weighted by atomic mass is 10.1. The van der Waals surface area contributed by atoms with Crippen LogP contribution >= 0.6 is 0 Å². The highest BCUT2D eigenvalue weighted by atomic mass is 19.4. The van der Waals surface area contributed by atoms with Crippen LogP contribution in [0.4, 0.5) is 30.7 Å². The van der Waals surface area contributed by atoms with Crippen LogP contribution < -0.4 is 0 Å². The molecule has 0 aliphatic rings. The van der Waals surface area contributed by atoms with Crippen LogP contribution in [0.15, 0.2) is 18.2 Å². The fourth-order valence-corrected chi connectivity index (χ4v) is 1.10. The summed E-state index contributed by atoms with van der Waals surface area (Å²) in [7, 11) is 0. The SMILES string of the molecule is Fc1ccc(C(F)(F)F)cc1CC(F)(F)F. The second kappa shape index (κ2) is 3.95. The molecule has 0 saturated heterocycles. The monoisotopic (exact) mass is 246 g/mol. The lowest BCUT2D eigenvalue weighted by Gasteiger charge is -2.11. The third-order valence-electron chi connectivity index (χ3n) is 1.76. The van der Waals surface area contributed by atoms with E-state index >= 15 is 0 Å². The lowest BCUT2D eigenvalue weighted by molar-refractivity contribution is -0.138. The molecule has 1 aromatic rings. The Morgan fingerprint density at radius 1 is 0.938 bits per heavy atom. The summed E-state index contributed by atoms with van der Waals surface area (Å²) in [6.45, 7) is 0. The van der Waals surface area contributed by atoms with Crippen LogP contribution in [0.1, 0.15) is 11.1 Å². The molecule has 90 valence electrons. The Morgan fingerprint density at radius 3 is 1.94 bits per heavy atom. The second-order valence-electron chi connectivity index (χ2n) is 3.10. The van der Waals surface area contributed by atoms with Gasteiger partial charge in [0.2, 0.25) is 0 Å². The van der Waals surface area contributed by atoms with Gasteiger partial charge >= 0.3 is 12.4 Å². The maximum Gasteiger partial charge on any atom is 0.416 e. The molecular weight excluding hydrogens is 241 g/mol. The first-order valence-electron chi connectivity index (χ1n) is 4.02. The van der Waals surface area contributed by atoms with Crippen molar-refractivity contribution >= 4 is 0 Å². The van der Waals surface area contributed by atoms with Gasteiger partial charge in [-0.05, 0) is 23.8 Å². The highest BCUT2D eigenvalue weighted by molar-refractivity contribution is 5.27. The Kier molecular flexibility index (Phi) is 3.16. The molecule has 0 aromatic heterocycles. The average Bonchev–Trinajstić information content (AvgIpc) is 2.04. The highest BCUT2D eigenvalue weighted by Crippen LogP contribution is 2.32. The molecule has 0 aliphatic heterocycles. The van der Waals surface area contributed by atoms with Gasteiger partial charge in [0.15, 0.2) is 0 Å². The van der Waals surface area contributed by atoms with Gasteiger partial charge in [0.05, 0.1) is 12.0 Å². The van der Waals surface area contributed by atoms with Gasteiger partial charge in [0.25, 0.3) is 0 Å². The molecule has 1 rings (SSSR count). The summed E-state index contributed by atoms with van der Waals surface area (Å²) < 4.78 is 84.9. The maximum atomic E-state index is 12.8. The number of benzene rings is 1. The molecule has 0 bridgehead atoms. The largest absolute Gasteiger partial charge is 0.416 e. The van der Waals surface area contributed by atoms with E-state index in [1.807, 2.05) is 0 Å². The van der Waals surface area contributed by atoms with Crippen LogP contribution in [-0.4, -0.2) is 6.18 Å². The molecule has 0 heterocycles. The van der Waals surface area contributed by atoms with Crippen LogP contribution in [-0.2, 0) is 12.6 Å². The van der Waals surface area contributed by atoms with E-state index in [-0.39, 0.29) is 6.07 Å². The summed E-state index contributed by atoms with van der Waals surface area (Å²) in [5.74, 6) is -1.30. The third kappa shape index (κ3) is 3.39. The molecule has 0 unspecified atom stereocenters. The highest BCUT2D eigenvalue weighted by Gasteiger charge is 2.34. The van der Waals surface area contributed by atoms with Crippen LogP contribution in [0.25, 0.3) is 0 Å².